The van der Waals surface area contributed by atoms with Gasteiger partial charge in [-0.05, 0) is 49.9 Å². The van der Waals surface area contributed by atoms with E-state index in [0.29, 0.717) is 17.8 Å². The van der Waals surface area contributed by atoms with Crippen LogP contribution in [0, 0.1) is 18.3 Å². The van der Waals surface area contributed by atoms with Crippen LogP contribution >= 0.6 is 0 Å². The minimum Gasteiger partial charge on any atom is -0.481 e. The van der Waals surface area contributed by atoms with Crippen LogP contribution in [-0.4, -0.2) is 31.4 Å². The minimum atomic E-state index is -0.167. The third-order valence-corrected chi connectivity index (χ3v) is 4.53. The molecule has 5 nitrogen and oxygen atoms in total. The number of anilines is 1. The first-order chi connectivity index (χ1) is 11.3. The van der Waals surface area contributed by atoms with E-state index in [9.17, 15) is 4.79 Å². The smallest absolute Gasteiger partial charge is 0.319 e. The van der Waals surface area contributed by atoms with Gasteiger partial charge in [0.2, 0.25) is 0 Å². The third kappa shape index (κ3) is 3.96. The molecule has 2 fully saturated rings. The Morgan fingerprint density at radius 3 is 2.91 bits per heavy atom. The topological polar surface area (TPSA) is 59.6 Å². The predicted octanol–water partition coefficient (Wildman–Crippen LogP) is 2.78. The van der Waals surface area contributed by atoms with Crippen molar-refractivity contribution in [2.75, 3.05) is 18.5 Å². The fourth-order valence-corrected chi connectivity index (χ4v) is 3.45. The lowest BCUT2D eigenvalue weighted by atomic mass is 9.82. The molecule has 3 atom stereocenters. The minimum absolute atomic E-state index is 0.167. The molecule has 23 heavy (non-hydrogen) atoms. The molecule has 0 bridgehead atoms. The van der Waals surface area contributed by atoms with Gasteiger partial charge < -0.3 is 20.1 Å². The molecule has 5 heteroatoms. The highest BCUT2D eigenvalue weighted by atomic mass is 16.5. The number of hydrogen-bond acceptors (Lipinski definition) is 3. The van der Waals surface area contributed by atoms with Gasteiger partial charge in [0.05, 0.1) is 6.10 Å². The van der Waals surface area contributed by atoms with Gasteiger partial charge in [-0.1, -0.05) is 5.92 Å². The van der Waals surface area contributed by atoms with E-state index in [1.165, 1.54) is 0 Å². The Morgan fingerprint density at radius 2 is 2.13 bits per heavy atom. The van der Waals surface area contributed by atoms with Gasteiger partial charge in [-0.3, -0.25) is 0 Å². The molecule has 0 spiro atoms. The maximum Gasteiger partial charge on any atom is 0.319 e. The van der Waals surface area contributed by atoms with E-state index < -0.39 is 0 Å². The van der Waals surface area contributed by atoms with Crippen LogP contribution in [0.1, 0.15) is 25.7 Å². The number of hydrogen-bond donors (Lipinski definition) is 2. The lowest BCUT2D eigenvalue weighted by Gasteiger charge is -2.33. The first-order valence-corrected chi connectivity index (χ1v) is 8.11. The molecular formula is C18H22N2O3. The van der Waals surface area contributed by atoms with Crippen LogP contribution in [0.2, 0.25) is 0 Å². The summed E-state index contributed by atoms with van der Waals surface area (Å²) < 4.78 is 11.0. The summed E-state index contributed by atoms with van der Waals surface area (Å²) in [6, 6.07) is 7.21. The molecule has 1 saturated carbocycles. The third-order valence-electron chi connectivity index (χ3n) is 4.53. The normalized spacial score (nSPS) is 26.0. The van der Waals surface area contributed by atoms with E-state index in [1.807, 2.05) is 0 Å². The van der Waals surface area contributed by atoms with Crippen LogP contribution in [0.5, 0.6) is 5.75 Å². The van der Waals surface area contributed by atoms with Gasteiger partial charge >= 0.3 is 6.03 Å². The highest BCUT2D eigenvalue weighted by Crippen LogP contribution is 2.34. The Balaban J connectivity index is 1.51. The number of benzene rings is 1. The quantitative estimate of drug-likeness (QED) is 0.840. The van der Waals surface area contributed by atoms with Gasteiger partial charge in [-0.15, -0.1) is 6.42 Å². The lowest BCUT2D eigenvalue weighted by molar-refractivity contribution is 0.0553. The van der Waals surface area contributed by atoms with Gasteiger partial charge in [0.15, 0.2) is 0 Å². The summed E-state index contributed by atoms with van der Waals surface area (Å²) in [4.78, 5) is 12.2. The number of rotatable bonds is 4. The molecule has 2 aliphatic rings. The Hall–Kier alpha value is -2.19. The first-order valence-electron chi connectivity index (χ1n) is 8.11. The van der Waals surface area contributed by atoms with Crippen molar-refractivity contribution < 1.29 is 14.3 Å². The lowest BCUT2D eigenvalue weighted by Crippen LogP contribution is -2.47. The molecule has 1 aromatic carbocycles. The summed E-state index contributed by atoms with van der Waals surface area (Å²) in [6.07, 6.45) is 9.75. The number of amides is 2. The predicted molar refractivity (Wildman–Crippen MR) is 88.4 cm³/mol. The highest BCUT2D eigenvalue weighted by Gasteiger charge is 2.38. The van der Waals surface area contributed by atoms with Crippen molar-refractivity contribution in [3.63, 3.8) is 0 Å². The van der Waals surface area contributed by atoms with Crippen LogP contribution in [0.4, 0.5) is 10.5 Å². The molecule has 2 N–H and O–H groups in total. The molecule has 3 unspecified atom stereocenters. The summed E-state index contributed by atoms with van der Waals surface area (Å²) >= 11 is 0. The zero-order valence-electron chi connectivity index (χ0n) is 13.1. The Kier molecular flexibility index (Phi) is 5.04. The second-order valence-corrected chi connectivity index (χ2v) is 6.01. The van der Waals surface area contributed by atoms with E-state index in [-0.39, 0.29) is 18.7 Å². The van der Waals surface area contributed by atoms with Crippen molar-refractivity contribution in [1.29, 1.82) is 0 Å². The molecule has 1 heterocycles. The fourth-order valence-electron chi connectivity index (χ4n) is 3.45. The van der Waals surface area contributed by atoms with Gasteiger partial charge in [-0.25, -0.2) is 4.79 Å². The number of ether oxygens (including phenoxy) is 2. The van der Waals surface area contributed by atoms with Crippen LogP contribution in [0.15, 0.2) is 24.3 Å². The molecule has 1 saturated heterocycles. The van der Waals surface area contributed by atoms with Gasteiger partial charge in [0.1, 0.15) is 12.4 Å². The van der Waals surface area contributed by atoms with E-state index in [0.717, 1.165) is 38.0 Å². The summed E-state index contributed by atoms with van der Waals surface area (Å²) in [6.45, 7) is 1.05. The van der Waals surface area contributed by atoms with Crippen LogP contribution in [-0.2, 0) is 4.74 Å². The van der Waals surface area contributed by atoms with E-state index >= 15 is 0 Å². The van der Waals surface area contributed by atoms with Crippen molar-refractivity contribution in [2.45, 2.75) is 37.8 Å². The van der Waals surface area contributed by atoms with Crippen LogP contribution < -0.4 is 15.4 Å². The number of urea groups is 1. The standard InChI is InChI=1S/C18H22N2O3/c1-2-11-22-14-8-6-13(7-9-14)19-18(21)20-16-4-3-5-17-15(16)10-12-23-17/h1,6-9,15-17H,3-5,10-12H2,(H2,19,20,21). The number of terminal acetylenes is 1. The summed E-state index contributed by atoms with van der Waals surface area (Å²) in [5.41, 5.74) is 0.727. The SMILES string of the molecule is C#CCOc1ccc(NC(=O)NC2CCCC3OCCC23)cc1. The van der Waals surface area contributed by atoms with Crippen LogP contribution in [0.25, 0.3) is 0 Å². The van der Waals surface area contributed by atoms with Crippen molar-refractivity contribution in [3.05, 3.63) is 24.3 Å². The van der Waals surface area contributed by atoms with E-state index in [1.54, 1.807) is 24.3 Å². The number of fused-ring (bicyclic) bond motifs is 1. The second-order valence-electron chi connectivity index (χ2n) is 6.01. The molecule has 2 amide bonds. The number of nitrogens with one attached hydrogen (secondary N) is 2. The van der Waals surface area contributed by atoms with Gasteiger partial charge in [0.25, 0.3) is 0 Å². The first kappa shape index (κ1) is 15.7. The maximum atomic E-state index is 12.2. The second kappa shape index (κ2) is 7.38. The summed E-state index contributed by atoms with van der Waals surface area (Å²) in [7, 11) is 0. The molecule has 1 aliphatic carbocycles. The molecular weight excluding hydrogens is 292 g/mol. The fraction of sp³-hybridized carbons (Fsp3) is 0.500. The van der Waals surface area contributed by atoms with Crippen molar-refractivity contribution in [3.8, 4) is 18.1 Å². The Labute approximate surface area is 136 Å². The number of carbonyl (C=O) groups is 1. The Morgan fingerprint density at radius 1 is 1.30 bits per heavy atom. The zero-order valence-corrected chi connectivity index (χ0v) is 13.1. The van der Waals surface area contributed by atoms with E-state index in [4.69, 9.17) is 15.9 Å². The molecule has 3 rings (SSSR count). The summed E-state index contributed by atoms with van der Waals surface area (Å²) in [5, 5.41) is 5.97. The maximum absolute atomic E-state index is 12.2. The van der Waals surface area contributed by atoms with Crippen molar-refractivity contribution in [1.82, 2.24) is 5.32 Å². The summed E-state index contributed by atoms with van der Waals surface area (Å²) in [5.74, 6) is 3.55. The molecule has 122 valence electrons. The van der Waals surface area contributed by atoms with Gasteiger partial charge in [0, 0.05) is 24.3 Å². The van der Waals surface area contributed by atoms with Crippen molar-refractivity contribution >= 4 is 11.7 Å². The average Bonchev–Trinajstić information content (AvgIpc) is 3.04. The Bertz CT molecular complexity index is 579. The highest BCUT2D eigenvalue weighted by molar-refractivity contribution is 5.89. The monoisotopic (exact) mass is 314 g/mol. The molecule has 1 aliphatic heterocycles. The molecule has 1 aromatic rings. The molecule has 0 radical (unpaired) electrons. The van der Waals surface area contributed by atoms with Gasteiger partial charge in [-0.2, -0.15) is 0 Å². The van der Waals surface area contributed by atoms with E-state index in [2.05, 4.69) is 16.6 Å². The number of carbonyl (C=O) groups excluding carboxylic acids is 1. The zero-order chi connectivity index (χ0) is 16.1. The average molecular weight is 314 g/mol. The van der Waals surface area contributed by atoms with Crippen molar-refractivity contribution in [2.24, 2.45) is 5.92 Å². The van der Waals surface area contributed by atoms with Crippen LogP contribution in [0.3, 0.4) is 0 Å². The largest absolute Gasteiger partial charge is 0.481 e. The molecule has 0 aromatic heterocycles.